The molecule has 0 saturated heterocycles. The van der Waals surface area contributed by atoms with Gasteiger partial charge in [0.25, 0.3) is 0 Å². The Morgan fingerprint density at radius 2 is 1.78 bits per heavy atom. The molecule has 6 nitrogen and oxygen atoms in total. The Labute approximate surface area is 201 Å². The van der Waals surface area contributed by atoms with E-state index in [-0.39, 0.29) is 0 Å². The highest BCUT2D eigenvalue weighted by Gasteiger charge is 2.24. The minimum absolute atomic E-state index is 0.370. The monoisotopic (exact) mass is 472 g/mol. The van der Waals surface area contributed by atoms with Crippen LogP contribution in [0.25, 0.3) is 0 Å². The fourth-order valence-electron chi connectivity index (χ4n) is 4.66. The normalized spacial score (nSPS) is 20.2. The molecule has 2 aromatic rings. The van der Waals surface area contributed by atoms with Crippen LogP contribution < -0.4 is 20.9 Å². The molecule has 4 rings (SSSR count). The van der Waals surface area contributed by atoms with Crippen molar-refractivity contribution >= 4 is 46.4 Å². The number of hydrogen-bond acceptors (Lipinski definition) is 5. The van der Waals surface area contributed by atoms with Crippen LogP contribution in [-0.4, -0.2) is 41.3 Å². The highest BCUT2D eigenvalue weighted by molar-refractivity contribution is 7.80. The summed E-state index contributed by atoms with van der Waals surface area (Å²) in [6.45, 7) is 1.99. The lowest BCUT2D eigenvalue weighted by Crippen LogP contribution is -2.42. The van der Waals surface area contributed by atoms with Crippen LogP contribution in [0.5, 0.6) is 0 Å². The van der Waals surface area contributed by atoms with Gasteiger partial charge < -0.3 is 20.9 Å². The molecule has 1 aromatic heterocycles. The number of aromatic nitrogens is 2. The van der Waals surface area contributed by atoms with Gasteiger partial charge in [0.05, 0.1) is 5.69 Å². The number of nitrogens with zero attached hydrogens (tertiary/aromatic N) is 3. The molecule has 2 aliphatic rings. The minimum Gasteiger partial charge on any atom is -0.362 e. The molecule has 1 heterocycles. The molecule has 8 heteroatoms. The van der Waals surface area contributed by atoms with Crippen molar-refractivity contribution in [1.29, 1.82) is 0 Å². The third-order valence-electron chi connectivity index (χ3n) is 6.50. The Morgan fingerprint density at radius 1 is 1.06 bits per heavy atom. The second kappa shape index (κ2) is 10.2. The molecule has 2 aliphatic carbocycles. The van der Waals surface area contributed by atoms with Crippen LogP contribution in [0.2, 0.25) is 5.02 Å². The predicted molar refractivity (Wildman–Crippen MR) is 138 cm³/mol. The second-order valence-electron chi connectivity index (χ2n) is 9.10. The van der Waals surface area contributed by atoms with Gasteiger partial charge in [-0.3, -0.25) is 0 Å². The zero-order valence-corrected chi connectivity index (χ0v) is 20.7. The Hall–Kier alpha value is -2.12. The lowest BCUT2D eigenvalue weighted by molar-refractivity contribution is 0.387. The van der Waals surface area contributed by atoms with Crippen molar-refractivity contribution in [2.24, 2.45) is 0 Å². The van der Waals surface area contributed by atoms with Crippen LogP contribution in [0.1, 0.15) is 55.3 Å². The van der Waals surface area contributed by atoms with Crippen molar-refractivity contribution in [3.63, 3.8) is 0 Å². The maximum atomic E-state index is 6.21. The summed E-state index contributed by atoms with van der Waals surface area (Å²) in [6.07, 6.45) is 8.83. The summed E-state index contributed by atoms with van der Waals surface area (Å²) >= 11 is 11.8. The molecule has 0 spiro atoms. The van der Waals surface area contributed by atoms with E-state index in [2.05, 4.69) is 34.9 Å². The molecule has 0 bridgehead atoms. The van der Waals surface area contributed by atoms with E-state index < -0.39 is 0 Å². The van der Waals surface area contributed by atoms with Gasteiger partial charge in [-0.15, -0.1) is 0 Å². The summed E-state index contributed by atoms with van der Waals surface area (Å²) in [4.78, 5) is 11.8. The smallest absolute Gasteiger partial charge is 0.225 e. The van der Waals surface area contributed by atoms with Crippen molar-refractivity contribution in [1.82, 2.24) is 15.3 Å². The largest absolute Gasteiger partial charge is 0.362 e. The molecule has 3 N–H and O–H groups in total. The fourth-order valence-corrected chi connectivity index (χ4v) is 5.11. The van der Waals surface area contributed by atoms with Gasteiger partial charge in [-0.2, -0.15) is 4.98 Å². The minimum atomic E-state index is 0.370. The molecule has 1 fully saturated rings. The second-order valence-corrected chi connectivity index (χ2v) is 9.92. The molecule has 1 saturated carbocycles. The van der Waals surface area contributed by atoms with Gasteiger partial charge in [-0.1, -0.05) is 17.7 Å². The van der Waals surface area contributed by atoms with Crippen molar-refractivity contribution < 1.29 is 0 Å². The van der Waals surface area contributed by atoms with Gasteiger partial charge >= 0.3 is 0 Å². The highest BCUT2D eigenvalue weighted by Crippen LogP contribution is 2.29. The van der Waals surface area contributed by atoms with E-state index in [1.165, 1.54) is 24.1 Å². The van der Waals surface area contributed by atoms with Crippen LogP contribution in [0.15, 0.2) is 18.2 Å². The molecule has 0 amide bonds. The molecular formula is C24H33ClN6S. The average Bonchev–Trinajstić information content (AvgIpc) is 2.77. The first-order valence-electron chi connectivity index (χ1n) is 11.6. The first kappa shape index (κ1) is 23.1. The molecule has 0 aliphatic heterocycles. The van der Waals surface area contributed by atoms with Gasteiger partial charge in [0.1, 0.15) is 5.82 Å². The first-order valence-corrected chi connectivity index (χ1v) is 12.4. The summed E-state index contributed by atoms with van der Waals surface area (Å²) < 4.78 is 0. The number of fused-ring (bicyclic) bond motifs is 1. The topological polar surface area (TPSA) is 65.1 Å². The van der Waals surface area contributed by atoms with E-state index in [4.69, 9.17) is 33.8 Å². The fraction of sp³-hybridized carbons (Fsp3) is 0.542. The summed E-state index contributed by atoms with van der Waals surface area (Å²) in [7, 11) is 4.14. The summed E-state index contributed by atoms with van der Waals surface area (Å²) in [5.74, 6) is 1.85. The maximum Gasteiger partial charge on any atom is 0.225 e. The molecule has 0 unspecified atom stereocenters. The van der Waals surface area contributed by atoms with E-state index in [1.807, 2.05) is 25.1 Å². The average molecular weight is 473 g/mol. The third-order valence-corrected chi connectivity index (χ3v) is 7.13. The molecule has 32 heavy (non-hydrogen) atoms. The molecular weight excluding hydrogens is 440 g/mol. The molecule has 0 atom stereocenters. The Kier molecular flexibility index (Phi) is 7.36. The van der Waals surface area contributed by atoms with Crippen LogP contribution in [0.4, 0.5) is 17.5 Å². The van der Waals surface area contributed by atoms with Crippen LogP contribution in [0.3, 0.4) is 0 Å². The van der Waals surface area contributed by atoms with Gasteiger partial charge in [0.2, 0.25) is 5.95 Å². The van der Waals surface area contributed by atoms with Gasteiger partial charge in [-0.05, 0) is 88.2 Å². The van der Waals surface area contributed by atoms with Crippen molar-refractivity contribution in [3.8, 4) is 0 Å². The predicted octanol–water partition coefficient (Wildman–Crippen LogP) is 5.09. The Morgan fingerprint density at radius 3 is 2.53 bits per heavy atom. The van der Waals surface area contributed by atoms with E-state index in [0.29, 0.717) is 17.2 Å². The van der Waals surface area contributed by atoms with Crippen LogP contribution >= 0.6 is 23.8 Å². The zero-order valence-electron chi connectivity index (χ0n) is 19.2. The number of halogens is 1. The van der Waals surface area contributed by atoms with Crippen LogP contribution in [-0.2, 0) is 12.8 Å². The number of anilines is 3. The van der Waals surface area contributed by atoms with E-state index in [0.717, 1.165) is 66.6 Å². The molecule has 1 aromatic carbocycles. The first-order chi connectivity index (χ1) is 15.4. The van der Waals surface area contributed by atoms with Gasteiger partial charge in [0, 0.05) is 42.5 Å². The Balaban J connectivity index is 1.31. The standard InChI is InChI=1S/C24H33ClN6S/c1-15-19(25)8-6-10-20(15)29-24(32)27-17-13-11-16(12-14-17)26-23-28-21-9-5-4-7-18(21)22(30-23)31(2)3/h6,8,10,16-17H,4-5,7,9,11-14H2,1-3H3,(H,26,28,30)(H2,27,29,32). The molecule has 0 radical (unpaired) electrons. The number of aryl methyl sites for hydroxylation is 1. The quantitative estimate of drug-likeness (QED) is 0.523. The lowest BCUT2D eigenvalue weighted by Gasteiger charge is -2.31. The van der Waals surface area contributed by atoms with Gasteiger partial charge in [0.15, 0.2) is 5.11 Å². The van der Waals surface area contributed by atoms with E-state index in [9.17, 15) is 0 Å². The highest BCUT2D eigenvalue weighted by atomic mass is 35.5. The zero-order chi connectivity index (χ0) is 22.7. The number of thiocarbonyl (C=S) groups is 1. The summed E-state index contributed by atoms with van der Waals surface area (Å²) in [5.41, 5.74) is 4.51. The number of hydrogen-bond donors (Lipinski definition) is 3. The summed E-state index contributed by atoms with van der Waals surface area (Å²) in [6, 6.07) is 6.58. The van der Waals surface area contributed by atoms with Crippen LogP contribution in [0, 0.1) is 6.92 Å². The maximum absolute atomic E-state index is 6.21. The summed E-state index contributed by atoms with van der Waals surface area (Å²) in [5, 5.41) is 11.8. The van der Waals surface area contributed by atoms with E-state index >= 15 is 0 Å². The molecule has 172 valence electrons. The number of nitrogens with one attached hydrogen (secondary N) is 3. The lowest BCUT2D eigenvalue weighted by atomic mass is 9.91. The number of benzene rings is 1. The van der Waals surface area contributed by atoms with Crippen molar-refractivity contribution in [3.05, 3.63) is 40.0 Å². The Bertz CT molecular complexity index is 971. The van der Waals surface area contributed by atoms with E-state index in [1.54, 1.807) is 0 Å². The van der Waals surface area contributed by atoms with Crippen molar-refractivity contribution in [2.75, 3.05) is 29.6 Å². The number of rotatable bonds is 5. The third kappa shape index (κ3) is 5.44. The SMILES string of the molecule is Cc1c(Cl)cccc1NC(=S)NC1CCC(Nc2nc3c(c(N(C)C)n2)CCCC3)CC1. The van der Waals surface area contributed by atoms with Gasteiger partial charge in [-0.25, -0.2) is 4.98 Å². The van der Waals surface area contributed by atoms with Crippen molar-refractivity contribution in [2.45, 2.75) is 70.4 Å².